The molecule has 0 aromatic carbocycles. The summed E-state index contributed by atoms with van der Waals surface area (Å²) >= 11 is 0. The van der Waals surface area contributed by atoms with E-state index >= 15 is 0 Å². The maximum atomic E-state index is 11.7. The van der Waals surface area contributed by atoms with Crippen LogP contribution in [0.1, 0.15) is 34.6 Å². The van der Waals surface area contributed by atoms with Crippen LogP contribution < -0.4 is 11.1 Å². The summed E-state index contributed by atoms with van der Waals surface area (Å²) in [6, 6.07) is 0.533. The largest absolute Gasteiger partial charge is 0.376 e. The van der Waals surface area contributed by atoms with Gasteiger partial charge in [0.15, 0.2) is 0 Å². The fourth-order valence-electron chi connectivity index (χ4n) is 2.43. The van der Waals surface area contributed by atoms with E-state index in [1.807, 2.05) is 20.8 Å². The Morgan fingerprint density at radius 1 is 1.56 bits per heavy atom. The first-order valence-electron chi connectivity index (χ1n) is 6.68. The molecule has 0 aliphatic carbocycles. The molecule has 0 aromatic heterocycles. The average molecular weight is 257 g/mol. The van der Waals surface area contributed by atoms with Gasteiger partial charge in [0.2, 0.25) is 5.91 Å². The van der Waals surface area contributed by atoms with Gasteiger partial charge in [0.1, 0.15) is 5.54 Å². The number of amides is 1. The third-order valence-electron chi connectivity index (χ3n) is 3.41. The molecule has 0 saturated carbocycles. The Morgan fingerprint density at radius 2 is 2.17 bits per heavy atom. The van der Waals surface area contributed by atoms with Crippen LogP contribution in [0.25, 0.3) is 0 Å². The van der Waals surface area contributed by atoms with Crippen molar-refractivity contribution in [2.24, 2.45) is 5.73 Å². The molecule has 0 aromatic rings. The number of hydrogen-bond acceptors (Lipinski definition) is 4. The predicted octanol–water partition coefficient (Wildman–Crippen LogP) is 0.338. The van der Waals surface area contributed by atoms with Crippen molar-refractivity contribution in [3.8, 4) is 0 Å². The van der Waals surface area contributed by atoms with Crippen LogP contribution >= 0.6 is 0 Å². The molecule has 1 amide bonds. The van der Waals surface area contributed by atoms with E-state index in [0.29, 0.717) is 19.2 Å². The Bertz CT molecular complexity index is 296. The lowest BCUT2D eigenvalue weighted by atomic mass is 9.98. The van der Waals surface area contributed by atoms with Gasteiger partial charge in [-0.2, -0.15) is 0 Å². The summed E-state index contributed by atoms with van der Waals surface area (Å²) in [7, 11) is 0. The average Bonchev–Trinajstić information content (AvgIpc) is 2.22. The Kier molecular flexibility index (Phi) is 5.13. The van der Waals surface area contributed by atoms with Crippen molar-refractivity contribution in [1.29, 1.82) is 0 Å². The summed E-state index contributed by atoms with van der Waals surface area (Å²) in [5, 5.41) is 3.28. The molecule has 1 rings (SSSR count). The molecule has 1 aliphatic heterocycles. The topological polar surface area (TPSA) is 67.6 Å². The first-order chi connectivity index (χ1) is 8.24. The molecule has 0 radical (unpaired) electrons. The highest BCUT2D eigenvalue weighted by Crippen LogP contribution is 2.16. The minimum atomic E-state index is -0.695. The van der Waals surface area contributed by atoms with Crippen molar-refractivity contribution in [3.63, 3.8) is 0 Å². The van der Waals surface area contributed by atoms with E-state index in [0.717, 1.165) is 6.54 Å². The van der Waals surface area contributed by atoms with Gasteiger partial charge in [-0.05, 0) is 34.6 Å². The van der Waals surface area contributed by atoms with Gasteiger partial charge in [-0.15, -0.1) is 0 Å². The van der Waals surface area contributed by atoms with Crippen LogP contribution in [0.15, 0.2) is 0 Å². The lowest BCUT2D eigenvalue weighted by molar-refractivity contribution is -0.127. The molecule has 5 nitrogen and oxygen atoms in total. The van der Waals surface area contributed by atoms with E-state index in [-0.39, 0.29) is 18.1 Å². The second kappa shape index (κ2) is 5.99. The number of nitrogens with two attached hydrogens (primary N) is 1. The number of rotatable bonds is 5. The summed E-state index contributed by atoms with van der Waals surface area (Å²) in [4.78, 5) is 14.0. The number of morpholine rings is 1. The van der Waals surface area contributed by atoms with E-state index < -0.39 is 5.54 Å². The maximum Gasteiger partial charge on any atom is 0.238 e. The van der Waals surface area contributed by atoms with Crippen molar-refractivity contribution in [3.05, 3.63) is 0 Å². The molecule has 3 N–H and O–H groups in total. The molecule has 1 aliphatic rings. The van der Waals surface area contributed by atoms with Crippen molar-refractivity contribution in [1.82, 2.24) is 10.2 Å². The fourth-order valence-corrected chi connectivity index (χ4v) is 2.43. The highest BCUT2D eigenvalue weighted by molar-refractivity contribution is 5.84. The van der Waals surface area contributed by atoms with Crippen LogP contribution in [0.2, 0.25) is 0 Å². The van der Waals surface area contributed by atoms with Gasteiger partial charge in [0, 0.05) is 25.2 Å². The van der Waals surface area contributed by atoms with Crippen LogP contribution in [-0.4, -0.2) is 54.2 Å². The van der Waals surface area contributed by atoms with Gasteiger partial charge >= 0.3 is 0 Å². The van der Waals surface area contributed by atoms with Gasteiger partial charge in [-0.1, -0.05) is 0 Å². The monoisotopic (exact) mass is 257 g/mol. The van der Waals surface area contributed by atoms with Crippen LogP contribution in [0, 0.1) is 0 Å². The van der Waals surface area contributed by atoms with Crippen LogP contribution in [0.5, 0.6) is 0 Å². The third-order valence-corrected chi connectivity index (χ3v) is 3.41. The van der Waals surface area contributed by atoms with Crippen LogP contribution in [0.3, 0.4) is 0 Å². The molecule has 0 spiro atoms. The Morgan fingerprint density at radius 3 is 2.67 bits per heavy atom. The minimum absolute atomic E-state index is 0.206. The molecular formula is C13H27N3O2. The van der Waals surface area contributed by atoms with Gasteiger partial charge in [-0.3, -0.25) is 9.69 Å². The van der Waals surface area contributed by atoms with Crippen molar-refractivity contribution in [2.45, 2.75) is 58.3 Å². The Balaban J connectivity index is 2.73. The number of hydrogen-bond donors (Lipinski definition) is 2. The van der Waals surface area contributed by atoms with Gasteiger partial charge in [-0.25, -0.2) is 0 Å². The maximum absolute atomic E-state index is 11.7. The van der Waals surface area contributed by atoms with Gasteiger partial charge in [0.25, 0.3) is 0 Å². The van der Waals surface area contributed by atoms with Crippen molar-refractivity contribution >= 4 is 5.91 Å². The zero-order valence-corrected chi connectivity index (χ0v) is 12.2. The summed E-state index contributed by atoms with van der Waals surface area (Å²) in [5.41, 5.74) is 4.86. The highest BCUT2D eigenvalue weighted by atomic mass is 16.5. The molecule has 1 heterocycles. The Hall–Kier alpha value is -0.650. The first-order valence-corrected chi connectivity index (χ1v) is 6.68. The lowest BCUT2D eigenvalue weighted by Gasteiger charge is -2.42. The molecule has 1 fully saturated rings. The fraction of sp³-hybridized carbons (Fsp3) is 0.923. The molecular weight excluding hydrogens is 230 g/mol. The summed E-state index contributed by atoms with van der Waals surface area (Å²) in [6.45, 7) is 12.2. The van der Waals surface area contributed by atoms with Crippen molar-refractivity contribution in [2.75, 3.05) is 19.7 Å². The molecule has 18 heavy (non-hydrogen) atoms. The number of ether oxygens (including phenoxy) is 1. The molecule has 106 valence electrons. The Labute approximate surface area is 110 Å². The normalized spacial score (nSPS) is 29.2. The second-order valence-corrected chi connectivity index (χ2v) is 5.92. The predicted molar refractivity (Wildman–Crippen MR) is 72.3 cm³/mol. The molecule has 1 saturated heterocycles. The lowest BCUT2D eigenvalue weighted by Crippen LogP contribution is -2.64. The molecule has 3 unspecified atom stereocenters. The highest BCUT2D eigenvalue weighted by Gasteiger charge is 2.36. The van der Waals surface area contributed by atoms with E-state index in [4.69, 9.17) is 10.5 Å². The number of carbonyl (C=O) groups is 1. The molecule has 5 heteroatoms. The second-order valence-electron chi connectivity index (χ2n) is 5.92. The van der Waals surface area contributed by atoms with E-state index in [1.165, 1.54) is 0 Å². The van der Waals surface area contributed by atoms with Crippen molar-refractivity contribution < 1.29 is 9.53 Å². The minimum Gasteiger partial charge on any atom is -0.376 e. The quantitative estimate of drug-likeness (QED) is 0.745. The summed E-state index contributed by atoms with van der Waals surface area (Å²) in [5.74, 6) is -0.303. The third kappa shape index (κ3) is 3.93. The van der Waals surface area contributed by atoms with Crippen LogP contribution in [0.4, 0.5) is 0 Å². The summed E-state index contributed by atoms with van der Waals surface area (Å²) < 4.78 is 5.60. The smallest absolute Gasteiger partial charge is 0.238 e. The van der Waals surface area contributed by atoms with E-state index in [2.05, 4.69) is 24.1 Å². The van der Waals surface area contributed by atoms with E-state index in [9.17, 15) is 4.79 Å². The zero-order chi connectivity index (χ0) is 13.9. The number of nitrogens with one attached hydrogen (secondary N) is 1. The zero-order valence-electron chi connectivity index (χ0n) is 12.2. The SMILES string of the molecule is CC(C)NC(C)(CN1CC(C)OCC1C)C(N)=O. The number of nitrogens with zero attached hydrogens (tertiary/aromatic N) is 1. The standard InChI is InChI=1S/C13H27N3O2/c1-9(2)15-13(5,12(14)17)8-16-6-11(4)18-7-10(16)3/h9-11,15H,6-8H2,1-5H3,(H2,14,17). The van der Waals surface area contributed by atoms with Gasteiger partial charge < -0.3 is 15.8 Å². The molecule has 3 atom stereocenters. The van der Waals surface area contributed by atoms with Crippen LogP contribution in [-0.2, 0) is 9.53 Å². The first kappa shape index (κ1) is 15.4. The van der Waals surface area contributed by atoms with Gasteiger partial charge in [0.05, 0.1) is 12.7 Å². The molecule has 0 bridgehead atoms. The van der Waals surface area contributed by atoms with E-state index in [1.54, 1.807) is 0 Å². The number of carbonyl (C=O) groups excluding carboxylic acids is 1. The number of primary amides is 1. The summed E-state index contributed by atoms with van der Waals surface area (Å²) in [6.07, 6.45) is 0.206.